The third-order valence-corrected chi connectivity index (χ3v) is 4.85. The first kappa shape index (κ1) is 12.4. The van der Waals surface area contributed by atoms with Crippen molar-refractivity contribution in [2.45, 2.75) is 71.1 Å². The molecule has 0 aromatic rings. The van der Waals surface area contributed by atoms with Crippen LogP contribution in [0.1, 0.15) is 52.9 Å². The maximum atomic E-state index is 6.28. The summed E-state index contributed by atoms with van der Waals surface area (Å²) in [5.74, 6) is 0.916. The van der Waals surface area contributed by atoms with Gasteiger partial charge in [0.25, 0.3) is 0 Å². The standard InChI is InChI=1S/C14H27NO/c1-10-5-7-11(8-6-10)16-13-9-12(15-4)14(13,2)3/h10-13,15H,5-9H2,1-4H3. The molecule has 16 heavy (non-hydrogen) atoms. The Bertz CT molecular complexity index is 231. The van der Waals surface area contributed by atoms with E-state index in [1.165, 1.54) is 32.1 Å². The third-order valence-electron chi connectivity index (χ3n) is 4.85. The second-order valence-electron chi connectivity index (χ2n) is 6.40. The summed E-state index contributed by atoms with van der Waals surface area (Å²) in [4.78, 5) is 0. The molecule has 2 unspecified atom stereocenters. The summed E-state index contributed by atoms with van der Waals surface area (Å²) in [7, 11) is 2.06. The fourth-order valence-corrected chi connectivity index (χ4v) is 3.20. The lowest BCUT2D eigenvalue weighted by molar-refractivity contribution is -0.154. The molecule has 2 rings (SSSR count). The Labute approximate surface area is 100 Å². The van der Waals surface area contributed by atoms with Gasteiger partial charge in [-0.05, 0) is 45.1 Å². The van der Waals surface area contributed by atoms with E-state index in [1.807, 2.05) is 0 Å². The molecule has 1 N–H and O–H groups in total. The van der Waals surface area contributed by atoms with Gasteiger partial charge < -0.3 is 10.1 Å². The highest BCUT2D eigenvalue weighted by Gasteiger charge is 2.49. The lowest BCUT2D eigenvalue weighted by Crippen LogP contribution is -2.60. The van der Waals surface area contributed by atoms with Crippen LogP contribution in [0.15, 0.2) is 0 Å². The topological polar surface area (TPSA) is 21.3 Å². The molecule has 0 bridgehead atoms. The molecule has 2 nitrogen and oxygen atoms in total. The van der Waals surface area contributed by atoms with Gasteiger partial charge in [-0.1, -0.05) is 20.8 Å². The van der Waals surface area contributed by atoms with E-state index in [-0.39, 0.29) is 0 Å². The van der Waals surface area contributed by atoms with Gasteiger partial charge in [-0.2, -0.15) is 0 Å². The minimum absolute atomic E-state index is 0.317. The molecule has 0 saturated heterocycles. The summed E-state index contributed by atoms with van der Waals surface area (Å²) in [6.45, 7) is 7.02. The number of rotatable bonds is 3. The molecule has 2 fully saturated rings. The predicted octanol–water partition coefficient (Wildman–Crippen LogP) is 2.97. The Kier molecular flexibility index (Phi) is 3.60. The molecular formula is C14H27NO. The molecule has 0 heterocycles. The van der Waals surface area contributed by atoms with Crippen molar-refractivity contribution in [1.82, 2.24) is 5.32 Å². The molecule has 0 aliphatic heterocycles. The second kappa shape index (κ2) is 4.66. The van der Waals surface area contributed by atoms with Gasteiger partial charge in [-0.25, -0.2) is 0 Å². The van der Waals surface area contributed by atoms with Gasteiger partial charge in [0, 0.05) is 11.5 Å². The van der Waals surface area contributed by atoms with Crippen molar-refractivity contribution in [2.24, 2.45) is 11.3 Å². The summed E-state index contributed by atoms with van der Waals surface area (Å²) in [6.07, 6.45) is 7.47. The van der Waals surface area contributed by atoms with Gasteiger partial charge >= 0.3 is 0 Å². The summed E-state index contributed by atoms with van der Waals surface area (Å²) < 4.78 is 6.28. The van der Waals surface area contributed by atoms with Crippen LogP contribution in [0.3, 0.4) is 0 Å². The molecule has 2 saturated carbocycles. The fourth-order valence-electron chi connectivity index (χ4n) is 3.20. The van der Waals surface area contributed by atoms with Crippen LogP contribution in [0.5, 0.6) is 0 Å². The molecule has 0 amide bonds. The Morgan fingerprint density at radius 3 is 2.25 bits per heavy atom. The van der Waals surface area contributed by atoms with Crippen LogP contribution in [0.25, 0.3) is 0 Å². The van der Waals surface area contributed by atoms with Crippen LogP contribution in [0.2, 0.25) is 0 Å². The Balaban J connectivity index is 1.79. The van der Waals surface area contributed by atoms with E-state index in [2.05, 4.69) is 33.1 Å². The van der Waals surface area contributed by atoms with Gasteiger partial charge in [0.05, 0.1) is 12.2 Å². The summed E-state index contributed by atoms with van der Waals surface area (Å²) in [5, 5.41) is 3.39. The SMILES string of the molecule is CNC1CC(OC2CCC(C)CC2)C1(C)C. The van der Waals surface area contributed by atoms with Gasteiger partial charge in [-0.15, -0.1) is 0 Å². The highest BCUT2D eigenvalue weighted by atomic mass is 16.5. The van der Waals surface area contributed by atoms with E-state index in [0.717, 1.165) is 5.92 Å². The third kappa shape index (κ3) is 2.28. The molecule has 0 spiro atoms. The zero-order valence-corrected chi connectivity index (χ0v) is 11.3. The molecule has 2 aliphatic rings. The lowest BCUT2D eigenvalue weighted by atomic mass is 9.64. The van der Waals surface area contributed by atoms with Crippen molar-refractivity contribution >= 4 is 0 Å². The maximum Gasteiger partial charge on any atom is 0.0659 e. The molecule has 0 aromatic heterocycles. The van der Waals surface area contributed by atoms with Crippen LogP contribution < -0.4 is 5.32 Å². The van der Waals surface area contributed by atoms with Crippen LogP contribution in [-0.4, -0.2) is 25.3 Å². The minimum atomic E-state index is 0.317. The van der Waals surface area contributed by atoms with Gasteiger partial charge in [-0.3, -0.25) is 0 Å². The first-order valence-electron chi connectivity index (χ1n) is 6.86. The van der Waals surface area contributed by atoms with Gasteiger partial charge in [0.1, 0.15) is 0 Å². The Hall–Kier alpha value is -0.0800. The average molecular weight is 225 g/mol. The van der Waals surface area contributed by atoms with E-state index < -0.39 is 0 Å². The van der Waals surface area contributed by atoms with Crippen molar-refractivity contribution < 1.29 is 4.74 Å². The van der Waals surface area contributed by atoms with Crippen LogP contribution in [-0.2, 0) is 4.74 Å². The van der Waals surface area contributed by atoms with E-state index in [4.69, 9.17) is 4.74 Å². The number of hydrogen-bond donors (Lipinski definition) is 1. The summed E-state index contributed by atoms with van der Waals surface area (Å²) >= 11 is 0. The minimum Gasteiger partial charge on any atom is -0.374 e. The van der Waals surface area contributed by atoms with Crippen molar-refractivity contribution in [2.75, 3.05) is 7.05 Å². The normalized spacial score (nSPS) is 42.8. The van der Waals surface area contributed by atoms with E-state index >= 15 is 0 Å². The number of nitrogens with one attached hydrogen (secondary N) is 1. The predicted molar refractivity (Wildman–Crippen MR) is 67.5 cm³/mol. The van der Waals surface area contributed by atoms with Crippen LogP contribution in [0.4, 0.5) is 0 Å². The summed E-state index contributed by atoms with van der Waals surface area (Å²) in [6, 6.07) is 0.639. The Morgan fingerprint density at radius 1 is 1.12 bits per heavy atom. The molecule has 2 heteroatoms. The summed E-state index contributed by atoms with van der Waals surface area (Å²) in [5.41, 5.74) is 0.317. The molecule has 0 radical (unpaired) electrons. The van der Waals surface area contributed by atoms with Gasteiger partial charge in [0.15, 0.2) is 0 Å². The quantitative estimate of drug-likeness (QED) is 0.797. The lowest BCUT2D eigenvalue weighted by Gasteiger charge is -2.53. The first-order valence-corrected chi connectivity index (χ1v) is 6.86. The van der Waals surface area contributed by atoms with E-state index in [9.17, 15) is 0 Å². The molecule has 94 valence electrons. The Morgan fingerprint density at radius 2 is 1.75 bits per heavy atom. The molecular weight excluding hydrogens is 198 g/mol. The smallest absolute Gasteiger partial charge is 0.0659 e. The first-order chi connectivity index (χ1) is 7.54. The number of hydrogen-bond acceptors (Lipinski definition) is 2. The fraction of sp³-hybridized carbons (Fsp3) is 1.00. The van der Waals surface area contributed by atoms with E-state index in [1.54, 1.807) is 0 Å². The molecule has 2 aliphatic carbocycles. The van der Waals surface area contributed by atoms with Crippen LogP contribution >= 0.6 is 0 Å². The highest BCUT2D eigenvalue weighted by molar-refractivity contribution is 5.02. The average Bonchev–Trinajstić information content (AvgIpc) is 2.26. The number of ether oxygens (including phenoxy) is 1. The van der Waals surface area contributed by atoms with Crippen molar-refractivity contribution in [3.63, 3.8) is 0 Å². The maximum absolute atomic E-state index is 6.28. The monoisotopic (exact) mass is 225 g/mol. The largest absolute Gasteiger partial charge is 0.374 e. The second-order valence-corrected chi connectivity index (χ2v) is 6.40. The van der Waals surface area contributed by atoms with E-state index in [0.29, 0.717) is 23.7 Å². The molecule has 2 atom stereocenters. The molecule has 0 aromatic carbocycles. The zero-order chi connectivity index (χ0) is 11.8. The van der Waals surface area contributed by atoms with Crippen molar-refractivity contribution in [1.29, 1.82) is 0 Å². The van der Waals surface area contributed by atoms with Crippen molar-refractivity contribution in [3.8, 4) is 0 Å². The zero-order valence-electron chi connectivity index (χ0n) is 11.3. The van der Waals surface area contributed by atoms with Gasteiger partial charge in [0.2, 0.25) is 0 Å². The van der Waals surface area contributed by atoms with Crippen LogP contribution in [0, 0.1) is 11.3 Å². The highest BCUT2D eigenvalue weighted by Crippen LogP contribution is 2.44. The van der Waals surface area contributed by atoms with Crippen molar-refractivity contribution in [3.05, 3.63) is 0 Å².